The first kappa shape index (κ1) is 13.8. The van der Waals surface area contributed by atoms with Crippen molar-refractivity contribution in [1.82, 2.24) is 10.6 Å². The molecule has 0 bridgehead atoms. The summed E-state index contributed by atoms with van der Waals surface area (Å²) >= 11 is 0. The number of nitrogens with one attached hydrogen (secondary N) is 2. The van der Waals surface area contributed by atoms with Crippen LogP contribution in [0.2, 0.25) is 0 Å². The molecule has 0 saturated carbocycles. The normalized spacial score (nSPS) is 20.3. The smallest absolute Gasteiger partial charge is 0.241 e. The molecule has 0 aromatic carbocycles. The monoisotopic (exact) mass is 242 g/mol. The predicted molar refractivity (Wildman–Crippen MR) is 66.8 cm³/mol. The van der Waals surface area contributed by atoms with Crippen molar-refractivity contribution in [3.05, 3.63) is 0 Å². The maximum absolute atomic E-state index is 11.2. The van der Waals surface area contributed by atoms with Crippen LogP contribution in [0.3, 0.4) is 0 Å². The molecule has 1 atom stereocenters. The van der Waals surface area contributed by atoms with E-state index < -0.39 is 0 Å². The van der Waals surface area contributed by atoms with E-state index in [1.807, 2.05) is 6.92 Å². The average molecular weight is 242 g/mol. The summed E-state index contributed by atoms with van der Waals surface area (Å²) in [5.74, 6) is 0.195. The Kier molecular flexibility index (Phi) is 6.39. The van der Waals surface area contributed by atoms with Crippen molar-refractivity contribution in [1.29, 1.82) is 0 Å². The minimum atomic E-state index is -0.103. The standard InChI is InChI=1S/C11H22N4O2/c1-2-5-13-10(16)8-15-11(12)14-7-9-4-3-6-17-9/h9H,2-8H2,1H3,(H,13,16)(H3,12,14,15). The van der Waals surface area contributed by atoms with E-state index in [2.05, 4.69) is 15.6 Å². The summed E-state index contributed by atoms with van der Waals surface area (Å²) in [7, 11) is 0. The third kappa shape index (κ3) is 6.11. The van der Waals surface area contributed by atoms with Crippen molar-refractivity contribution in [2.45, 2.75) is 32.3 Å². The number of aliphatic imine (C=N–C) groups is 1. The van der Waals surface area contributed by atoms with Crippen LogP contribution in [0.15, 0.2) is 4.99 Å². The number of hydrogen-bond acceptors (Lipinski definition) is 3. The molecule has 0 spiro atoms. The Morgan fingerprint density at radius 1 is 1.53 bits per heavy atom. The number of nitrogens with zero attached hydrogens (tertiary/aromatic N) is 1. The summed E-state index contributed by atoms with van der Waals surface area (Å²) in [6.07, 6.45) is 3.29. The molecule has 1 heterocycles. The molecule has 6 heteroatoms. The molecule has 0 aromatic heterocycles. The Morgan fingerprint density at radius 2 is 2.35 bits per heavy atom. The zero-order chi connectivity index (χ0) is 12.5. The summed E-state index contributed by atoms with van der Waals surface area (Å²) in [5, 5.41) is 5.69. The number of nitrogens with two attached hydrogens (primary N) is 1. The van der Waals surface area contributed by atoms with E-state index in [1.54, 1.807) is 0 Å². The maximum Gasteiger partial charge on any atom is 0.241 e. The zero-order valence-corrected chi connectivity index (χ0v) is 10.4. The van der Waals surface area contributed by atoms with Gasteiger partial charge in [-0.05, 0) is 19.3 Å². The molecule has 17 heavy (non-hydrogen) atoms. The molecule has 1 saturated heterocycles. The van der Waals surface area contributed by atoms with E-state index in [4.69, 9.17) is 10.5 Å². The molecule has 1 unspecified atom stereocenters. The fraction of sp³-hybridized carbons (Fsp3) is 0.818. The lowest BCUT2D eigenvalue weighted by Crippen LogP contribution is -2.38. The molecule has 98 valence electrons. The third-order valence-corrected chi connectivity index (χ3v) is 2.50. The van der Waals surface area contributed by atoms with E-state index >= 15 is 0 Å². The van der Waals surface area contributed by atoms with E-state index in [1.165, 1.54) is 0 Å². The van der Waals surface area contributed by atoms with Crippen LogP contribution in [0.1, 0.15) is 26.2 Å². The van der Waals surface area contributed by atoms with Gasteiger partial charge in [0.25, 0.3) is 0 Å². The molecule has 0 aromatic rings. The third-order valence-electron chi connectivity index (χ3n) is 2.50. The first-order valence-electron chi connectivity index (χ1n) is 6.14. The van der Waals surface area contributed by atoms with Crippen LogP contribution < -0.4 is 16.4 Å². The largest absolute Gasteiger partial charge is 0.376 e. The summed E-state index contributed by atoms with van der Waals surface area (Å²) in [4.78, 5) is 15.2. The van der Waals surface area contributed by atoms with Crippen LogP contribution in [0.25, 0.3) is 0 Å². The summed E-state index contributed by atoms with van der Waals surface area (Å²) < 4.78 is 5.43. The number of rotatable bonds is 6. The van der Waals surface area contributed by atoms with Crippen LogP contribution in [-0.2, 0) is 9.53 Å². The van der Waals surface area contributed by atoms with E-state index in [0.717, 1.165) is 25.9 Å². The zero-order valence-electron chi connectivity index (χ0n) is 10.4. The number of amides is 1. The Bertz CT molecular complexity index is 262. The van der Waals surface area contributed by atoms with Crippen LogP contribution in [0, 0.1) is 0 Å². The molecule has 1 fully saturated rings. The first-order chi connectivity index (χ1) is 8.22. The number of ether oxygens (including phenoxy) is 1. The summed E-state index contributed by atoms with van der Waals surface area (Å²) in [6, 6.07) is 0. The van der Waals surface area contributed by atoms with Crippen molar-refractivity contribution in [3.8, 4) is 0 Å². The predicted octanol–water partition coefficient (Wildman–Crippen LogP) is -0.404. The lowest BCUT2D eigenvalue weighted by molar-refractivity contribution is -0.119. The van der Waals surface area contributed by atoms with Crippen molar-refractivity contribution in [2.75, 3.05) is 26.2 Å². The van der Waals surface area contributed by atoms with E-state index in [0.29, 0.717) is 19.0 Å². The fourth-order valence-corrected chi connectivity index (χ4v) is 1.56. The van der Waals surface area contributed by atoms with E-state index in [-0.39, 0.29) is 18.6 Å². The van der Waals surface area contributed by atoms with Gasteiger partial charge in [0.2, 0.25) is 5.91 Å². The Morgan fingerprint density at radius 3 is 3.00 bits per heavy atom. The van der Waals surface area contributed by atoms with Crippen LogP contribution in [0.4, 0.5) is 0 Å². The fourth-order valence-electron chi connectivity index (χ4n) is 1.56. The van der Waals surface area contributed by atoms with Crippen molar-refractivity contribution < 1.29 is 9.53 Å². The first-order valence-corrected chi connectivity index (χ1v) is 6.14. The van der Waals surface area contributed by atoms with Gasteiger partial charge in [-0.15, -0.1) is 0 Å². The molecule has 0 aliphatic carbocycles. The average Bonchev–Trinajstić information content (AvgIpc) is 2.84. The molecule has 1 rings (SSSR count). The minimum Gasteiger partial charge on any atom is -0.376 e. The van der Waals surface area contributed by atoms with Gasteiger partial charge in [-0.2, -0.15) is 0 Å². The summed E-state index contributed by atoms with van der Waals surface area (Å²) in [6.45, 7) is 4.23. The highest BCUT2D eigenvalue weighted by molar-refractivity contribution is 5.83. The Labute approximate surface area is 102 Å². The van der Waals surface area contributed by atoms with Gasteiger partial charge in [0.15, 0.2) is 5.96 Å². The number of hydrogen-bond donors (Lipinski definition) is 3. The van der Waals surface area contributed by atoms with Crippen molar-refractivity contribution in [3.63, 3.8) is 0 Å². The molecular weight excluding hydrogens is 220 g/mol. The molecule has 1 amide bonds. The quantitative estimate of drug-likeness (QED) is 0.436. The lowest BCUT2D eigenvalue weighted by Gasteiger charge is -2.10. The number of carbonyl (C=O) groups is 1. The van der Waals surface area contributed by atoms with Gasteiger partial charge < -0.3 is 21.1 Å². The van der Waals surface area contributed by atoms with Crippen molar-refractivity contribution in [2.24, 2.45) is 10.7 Å². The van der Waals surface area contributed by atoms with Gasteiger partial charge in [0.1, 0.15) is 6.54 Å². The topological polar surface area (TPSA) is 88.7 Å². The van der Waals surface area contributed by atoms with Gasteiger partial charge in [0, 0.05) is 19.7 Å². The Hall–Kier alpha value is -1.30. The van der Waals surface area contributed by atoms with Gasteiger partial charge in [-0.25, -0.2) is 4.99 Å². The van der Waals surface area contributed by atoms with Crippen molar-refractivity contribution >= 4 is 11.9 Å². The van der Waals surface area contributed by atoms with Crippen LogP contribution >= 0.6 is 0 Å². The summed E-state index contributed by atoms with van der Waals surface area (Å²) in [5.41, 5.74) is 5.63. The number of guanidine groups is 1. The second-order valence-electron chi connectivity index (χ2n) is 4.07. The van der Waals surface area contributed by atoms with Gasteiger partial charge >= 0.3 is 0 Å². The minimum absolute atomic E-state index is 0.0738. The second kappa shape index (κ2) is 7.89. The van der Waals surface area contributed by atoms with Gasteiger partial charge in [0.05, 0.1) is 6.10 Å². The second-order valence-corrected chi connectivity index (χ2v) is 4.07. The van der Waals surface area contributed by atoms with Gasteiger partial charge in [-0.3, -0.25) is 4.79 Å². The lowest BCUT2D eigenvalue weighted by atomic mass is 10.2. The molecule has 4 N–H and O–H groups in total. The maximum atomic E-state index is 11.2. The van der Waals surface area contributed by atoms with Crippen LogP contribution in [0.5, 0.6) is 0 Å². The highest BCUT2D eigenvalue weighted by Crippen LogP contribution is 2.10. The molecule has 6 nitrogen and oxygen atoms in total. The molecule has 1 aliphatic heterocycles. The highest BCUT2D eigenvalue weighted by atomic mass is 16.5. The van der Waals surface area contributed by atoms with E-state index in [9.17, 15) is 4.79 Å². The molecule has 1 aliphatic rings. The number of carbonyl (C=O) groups excluding carboxylic acids is 1. The Balaban J connectivity index is 2.12. The SMILES string of the molecule is CCCNC(=O)CN=C(N)NCC1CCCO1. The highest BCUT2D eigenvalue weighted by Gasteiger charge is 2.14. The molecular formula is C11H22N4O2. The van der Waals surface area contributed by atoms with Gasteiger partial charge in [-0.1, -0.05) is 6.92 Å². The van der Waals surface area contributed by atoms with Crippen LogP contribution in [-0.4, -0.2) is 44.2 Å². The molecule has 0 radical (unpaired) electrons.